The van der Waals surface area contributed by atoms with E-state index >= 15 is 0 Å². The topological polar surface area (TPSA) is 41.1 Å². The van der Waals surface area contributed by atoms with E-state index in [9.17, 15) is 0 Å². The predicted molar refractivity (Wildman–Crippen MR) is 178 cm³/mol. The van der Waals surface area contributed by atoms with Gasteiger partial charge in [0.2, 0.25) is 0 Å². The fourth-order valence-corrected chi connectivity index (χ4v) is 5.71. The van der Waals surface area contributed by atoms with Gasteiger partial charge in [-0.2, -0.15) is 0 Å². The molecule has 0 saturated carbocycles. The van der Waals surface area contributed by atoms with Crippen molar-refractivity contribution in [3.8, 4) is 33.4 Å². The number of rotatable bonds is 4. The van der Waals surface area contributed by atoms with Crippen molar-refractivity contribution in [2.75, 3.05) is 0 Å². The molecule has 0 radical (unpaired) electrons. The molecular formula is C39H29N3. The smallest absolute Gasteiger partial charge is 0.153 e. The third kappa shape index (κ3) is 4.71. The maximum Gasteiger partial charge on any atom is 0.153 e. The number of para-hydroxylation sites is 1. The molecule has 0 spiro atoms. The zero-order valence-corrected chi connectivity index (χ0v) is 23.3. The molecule has 0 unspecified atom stereocenters. The first-order valence-corrected chi connectivity index (χ1v) is 14.1. The number of nitrogens with one attached hydrogen (secondary N) is 1. The maximum atomic E-state index is 8.85. The number of benzene rings is 6. The second-order valence-electron chi connectivity index (χ2n) is 10.5. The number of nitrogens with zero attached hydrogens (tertiary/aromatic N) is 2. The Morgan fingerprint density at radius 1 is 0.476 bits per heavy atom. The van der Waals surface area contributed by atoms with Gasteiger partial charge in [0, 0.05) is 16.3 Å². The van der Waals surface area contributed by atoms with Gasteiger partial charge in [-0.1, -0.05) is 140 Å². The molecule has 0 aliphatic heterocycles. The van der Waals surface area contributed by atoms with Crippen molar-refractivity contribution in [1.29, 1.82) is 5.41 Å². The highest BCUT2D eigenvalue weighted by Crippen LogP contribution is 2.33. The van der Waals surface area contributed by atoms with Crippen molar-refractivity contribution in [2.24, 2.45) is 4.99 Å². The van der Waals surface area contributed by atoms with Crippen LogP contribution in [0, 0.1) is 5.41 Å². The van der Waals surface area contributed by atoms with E-state index in [0.29, 0.717) is 0 Å². The summed E-state index contributed by atoms with van der Waals surface area (Å²) < 4.78 is 2.17. The van der Waals surface area contributed by atoms with Crippen molar-refractivity contribution in [3.63, 3.8) is 0 Å². The van der Waals surface area contributed by atoms with Crippen molar-refractivity contribution in [3.05, 3.63) is 157 Å². The summed E-state index contributed by atoms with van der Waals surface area (Å²) in [5, 5.41) is 11.2. The molecule has 3 nitrogen and oxygen atoms in total. The molecule has 1 aromatic heterocycles. The summed E-state index contributed by atoms with van der Waals surface area (Å²) in [5.41, 5.74) is 9.95. The van der Waals surface area contributed by atoms with Crippen LogP contribution in [-0.2, 0) is 0 Å². The zero-order valence-electron chi connectivity index (χ0n) is 23.3. The summed E-state index contributed by atoms with van der Waals surface area (Å²) in [5.74, 6) is 1.00. The van der Waals surface area contributed by atoms with Gasteiger partial charge in [0.05, 0.1) is 11.0 Å². The first kappa shape index (κ1) is 25.4. The molecular weight excluding hydrogens is 510 g/mol. The van der Waals surface area contributed by atoms with Crippen LogP contribution in [0.5, 0.6) is 0 Å². The zero-order chi connectivity index (χ0) is 28.5. The number of hydrogen-bond acceptors (Lipinski definition) is 1. The normalized spacial score (nSPS) is 11.7. The number of amidine groups is 1. The van der Waals surface area contributed by atoms with Crippen LogP contribution >= 0.6 is 0 Å². The molecule has 3 heteroatoms. The predicted octanol–water partition coefficient (Wildman–Crippen LogP) is 10.1. The fourth-order valence-electron chi connectivity index (χ4n) is 5.71. The summed E-state index contributed by atoms with van der Waals surface area (Å²) in [6.07, 6.45) is 0. The summed E-state index contributed by atoms with van der Waals surface area (Å²) in [7, 11) is 0. The maximum absolute atomic E-state index is 8.85. The minimum absolute atomic E-state index is 0.239. The van der Waals surface area contributed by atoms with E-state index in [1.54, 1.807) is 0 Å². The van der Waals surface area contributed by atoms with Crippen molar-refractivity contribution >= 4 is 33.5 Å². The van der Waals surface area contributed by atoms with Crippen LogP contribution < -0.4 is 0 Å². The van der Waals surface area contributed by atoms with Crippen molar-refractivity contribution < 1.29 is 0 Å². The van der Waals surface area contributed by atoms with Crippen LogP contribution in [0.15, 0.2) is 157 Å². The standard InChI is InChI=1S/C39H29N3/c1-27(42-37-15-9-8-14-35(37)36-25-24-34(26-38(36)42)29-12-6-3-7-13-29)41-39(40)33-22-20-32(21-23-33)31-18-16-30(17-19-31)28-10-4-2-5-11-28/h2-26,40H,1H3/b40-39?,41-27+. The lowest BCUT2D eigenvalue weighted by atomic mass is 9.99. The molecule has 7 rings (SSSR count). The van der Waals surface area contributed by atoms with Crippen LogP contribution in [-0.4, -0.2) is 16.2 Å². The van der Waals surface area contributed by atoms with Crippen LogP contribution in [0.4, 0.5) is 0 Å². The highest BCUT2D eigenvalue weighted by atomic mass is 15.1. The fraction of sp³-hybridized carbons (Fsp3) is 0.0256. The Bertz CT molecular complexity index is 2070. The summed E-state index contributed by atoms with van der Waals surface area (Å²) in [6.45, 7) is 1.98. The first-order valence-electron chi connectivity index (χ1n) is 14.1. The summed E-state index contributed by atoms with van der Waals surface area (Å²) in [6, 6.07) is 52.6. The quantitative estimate of drug-likeness (QED) is 0.171. The molecule has 6 aromatic carbocycles. The average Bonchev–Trinajstić information content (AvgIpc) is 3.39. The molecule has 0 amide bonds. The Morgan fingerprint density at radius 3 is 1.55 bits per heavy atom. The van der Waals surface area contributed by atoms with E-state index in [1.807, 2.05) is 31.2 Å². The highest BCUT2D eigenvalue weighted by molar-refractivity contribution is 6.16. The second-order valence-corrected chi connectivity index (χ2v) is 10.5. The Kier molecular flexibility index (Phi) is 6.54. The van der Waals surface area contributed by atoms with Gasteiger partial charge >= 0.3 is 0 Å². The largest absolute Gasteiger partial charge is 0.297 e. The molecule has 0 fully saturated rings. The van der Waals surface area contributed by atoms with E-state index in [2.05, 4.69) is 132 Å². The van der Waals surface area contributed by atoms with Gasteiger partial charge in [0.15, 0.2) is 5.84 Å². The molecule has 1 N–H and O–H groups in total. The van der Waals surface area contributed by atoms with Crippen LogP contribution in [0.2, 0.25) is 0 Å². The lowest BCUT2D eigenvalue weighted by Crippen LogP contribution is -2.10. The van der Waals surface area contributed by atoms with Gasteiger partial charge in [-0.15, -0.1) is 0 Å². The molecule has 0 saturated heterocycles. The molecule has 42 heavy (non-hydrogen) atoms. The van der Waals surface area contributed by atoms with Gasteiger partial charge in [-0.05, 0) is 52.4 Å². The monoisotopic (exact) mass is 539 g/mol. The Balaban J connectivity index is 1.20. The minimum Gasteiger partial charge on any atom is -0.297 e. The van der Waals surface area contributed by atoms with Crippen LogP contribution in [0.25, 0.3) is 55.2 Å². The van der Waals surface area contributed by atoms with Crippen molar-refractivity contribution in [1.82, 2.24) is 4.57 Å². The number of hydrogen-bond donors (Lipinski definition) is 1. The highest BCUT2D eigenvalue weighted by Gasteiger charge is 2.14. The van der Waals surface area contributed by atoms with Gasteiger partial charge in [-0.3, -0.25) is 9.98 Å². The molecule has 0 atom stereocenters. The van der Waals surface area contributed by atoms with Gasteiger partial charge in [-0.25, -0.2) is 4.99 Å². The molecule has 7 aromatic rings. The van der Waals surface area contributed by atoms with E-state index in [1.165, 1.54) is 27.5 Å². The third-order valence-corrected chi connectivity index (χ3v) is 7.86. The molecule has 0 aliphatic carbocycles. The number of aromatic nitrogens is 1. The minimum atomic E-state index is 0.239. The van der Waals surface area contributed by atoms with E-state index < -0.39 is 0 Å². The van der Waals surface area contributed by atoms with E-state index in [0.717, 1.165) is 39.1 Å². The Morgan fingerprint density at radius 2 is 0.929 bits per heavy atom. The van der Waals surface area contributed by atoms with Crippen LogP contribution in [0.3, 0.4) is 0 Å². The SMILES string of the molecule is C/C(=N\C(=N)c1ccc(-c2ccc(-c3ccccc3)cc2)cc1)n1c2ccccc2c2ccc(-c3ccccc3)cc21. The van der Waals surface area contributed by atoms with Gasteiger partial charge in [0.25, 0.3) is 0 Å². The third-order valence-electron chi connectivity index (χ3n) is 7.86. The lowest BCUT2D eigenvalue weighted by Gasteiger charge is -2.10. The van der Waals surface area contributed by atoms with Gasteiger partial charge < -0.3 is 0 Å². The Hall–Kier alpha value is -5.54. The van der Waals surface area contributed by atoms with Crippen molar-refractivity contribution in [2.45, 2.75) is 6.92 Å². The average molecular weight is 540 g/mol. The molecule has 0 bridgehead atoms. The summed E-state index contributed by atoms with van der Waals surface area (Å²) in [4.78, 5) is 4.80. The van der Waals surface area contributed by atoms with Gasteiger partial charge in [0.1, 0.15) is 5.84 Å². The van der Waals surface area contributed by atoms with Crippen LogP contribution in [0.1, 0.15) is 12.5 Å². The van der Waals surface area contributed by atoms with E-state index in [-0.39, 0.29) is 5.84 Å². The molecule has 0 aliphatic rings. The molecule has 1 heterocycles. The lowest BCUT2D eigenvalue weighted by molar-refractivity contribution is 1.24. The number of aliphatic imine (C=N–C) groups is 1. The van der Waals surface area contributed by atoms with E-state index in [4.69, 9.17) is 10.4 Å². The second kappa shape index (κ2) is 10.8. The Labute approximate surface area is 245 Å². The molecule has 200 valence electrons. The summed E-state index contributed by atoms with van der Waals surface area (Å²) >= 11 is 0. The number of fused-ring (bicyclic) bond motifs is 3. The first-order chi connectivity index (χ1) is 20.7.